The molecular formula is C17H25NO5S. The zero-order valence-electron chi connectivity index (χ0n) is 14.1. The van der Waals surface area contributed by atoms with Crippen molar-refractivity contribution in [1.29, 1.82) is 0 Å². The molecule has 1 saturated carbocycles. The summed E-state index contributed by atoms with van der Waals surface area (Å²) in [4.78, 5) is 0.251. The smallest absolute Gasteiger partial charge is 0.240 e. The highest BCUT2D eigenvalue weighted by molar-refractivity contribution is 7.89. The van der Waals surface area contributed by atoms with Crippen LogP contribution in [0.1, 0.15) is 33.1 Å². The van der Waals surface area contributed by atoms with Gasteiger partial charge in [0.2, 0.25) is 10.0 Å². The molecule has 3 atom stereocenters. The molecule has 2 aliphatic rings. The van der Waals surface area contributed by atoms with Crippen LogP contribution in [0, 0.1) is 0 Å². The second kappa shape index (κ2) is 7.39. The molecule has 134 valence electrons. The third kappa shape index (κ3) is 4.27. The first-order chi connectivity index (χ1) is 11.4. The predicted molar refractivity (Wildman–Crippen MR) is 89.6 cm³/mol. The Morgan fingerprint density at radius 2 is 1.75 bits per heavy atom. The second-order valence-electron chi connectivity index (χ2n) is 6.59. The first-order valence-corrected chi connectivity index (χ1v) is 9.94. The van der Waals surface area contributed by atoms with Crippen LogP contribution in [0.25, 0.3) is 0 Å². The summed E-state index contributed by atoms with van der Waals surface area (Å²) in [6, 6.07) is 6.40. The molecule has 0 aromatic heterocycles. The van der Waals surface area contributed by atoms with Gasteiger partial charge in [-0.2, -0.15) is 0 Å². The van der Waals surface area contributed by atoms with Crippen LogP contribution in [0.15, 0.2) is 29.2 Å². The summed E-state index contributed by atoms with van der Waals surface area (Å²) in [5.74, 6) is 0.664. The van der Waals surface area contributed by atoms with Crippen molar-refractivity contribution in [3.8, 4) is 5.75 Å². The van der Waals surface area contributed by atoms with Gasteiger partial charge in [0, 0.05) is 6.04 Å². The highest BCUT2D eigenvalue weighted by Gasteiger charge is 2.35. The Bertz CT molecular complexity index is 643. The van der Waals surface area contributed by atoms with Gasteiger partial charge in [-0.1, -0.05) is 0 Å². The number of nitrogens with one attached hydrogen (secondary N) is 1. The largest absolute Gasteiger partial charge is 0.491 e. The first kappa shape index (κ1) is 17.7. The molecule has 3 unspecified atom stereocenters. The fraction of sp³-hybridized carbons (Fsp3) is 0.647. The van der Waals surface area contributed by atoms with E-state index >= 15 is 0 Å². The van der Waals surface area contributed by atoms with E-state index in [4.69, 9.17) is 14.2 Å². The minimum atomic E-state index is -3.54. The first-order valence-electron chi connectivity index (χ1n) is 8.46. The van der Waals surface area contributed by atoms with Gasteiger partial charge in [0.1, 0.15) is 5.75 Å². The molecule has 1 aliphatic heterocycles. The lowest BCUT2D eigenvalue weighted by molar-refractivity contribution is -0.156. The molecule has 7 heteroatoms. The monoisotopic (exact) mass is 355 g/mol. The summed E-state index contributed by atoms with van der Waals surface area (Å²) in [5, 5.41) is 0. The van der Waals surface area contributed by atoms with Crippen molar-refractivity contribution in [3.05, 3.63) is 24.3 Å². The van der Waals surface area contributed by atoms with Crippen molar-refractivity contribution in [3.63, 3.8) is 0 Å². The average molecular weight is 355 g/mol. The summed E-state index contributed by atoms with van der Waals surface area (Å²) in [7, 11) is -3.54. The van der Waals surface area contributed by atoms with Crippen LogP contribution < -0.4 is 9.46 Å². The van der Waals surface area contributed by atoms with Crippen LogP contribution in [-0.4, -0.2) is 46.0 Å². The lowest BCUT2D eigenvalue weighted by atomic mass is 9.90. The summed E-state index contributed by atoms with van der Waals surface area (Å²) in [5.41, 5.74) is 0. The SMILES string of the molecule is CC(C)Oc1ccc(S(=O)(=O)NC2CCC3OCCOC3C2)cc1. The maximum atomic E-state index is 12.6. The van der Waals surface area contributed by atoms with E-state index in [9.17, 15) is 8.42 Å². The Labute approximate surface area is 143 Å². The number of sulfonamides is 1. The Balaban J connectivity index is 1.63. The summed E-state index contributed by atoms with van der Waals surface area (Å²) in [6.07, 6.45) is 2.38. The number of benzene rings is 1. The number of fused-ring (bicyclic) bond motifs is 1. The van der Waals surface area contributed by atoms with Crippen molar-refractivity contribution in [2.75, 3.05) is 13.2 Å². The summed E-state index contributed by atoms with van der Waals surface area (Å²) in [6.45, 7) is 5.07. The van der Waals surface area contributed by atoms with Gasteiger partial charge >= 0.3 is 0 Å². The van der Waals surface area contributed by atoms with E-state index in [0.29, 0.717) is 25.4 Å². The number of rotatable bonds is 5. The van der Waals surface area contributed by atoms with E-state index in [2.05, 4.69) is 4.72 Å². The third-order valence-corrected chi connectivity index (χ3v) is 5.84. The molecule has 1 aromatic rings. The molecule has 1 aliphatic carbocycles. The van der Waals surface area contributed by atoms with Crippen molar-refractivity contribution in [1.82, 2.24) is 4.72 Å². The summed E-state index contributed by atoms with van der Waals surface area (Å²) < 4.78 is 44.9. The van der Waals surface area contributed by atoms with Crippen LogP contribution in [0.4, 0.5) is 0 Å². The minimum absolute atomic E-state index is 0.0120. The zero-order valence-corrected chi connectivity index (χ0v) is 14.9. The molecule has 0 amide bonds. The molecule has 0 bridgehead atoms. The van der Waals surface area contributed by atoms with E-state index in [1.54, 1.807) is 24.3 Å². The Morgan fingerprint density at radius 3 is 2.42 bits per heavy atom. The van der Waals surface area contributed by atoms with Crippen molar-refractivity contribution < 1.29 is 22.6 Å². The van der Waals surface area contributed by atoms with Gasteiger partial charge in [0.25, 0.3) is 0 Å². The van der Waals surface area contributed by atoms with Crippen molar-refractivity contribution in [2.45, 2.75) is 62.4 Å². The Kier molecular flexibility index (Phi) is 5.44. The molecule has 3 rings (SSSR count). The number of ether oxygens (including phenoxy) is 3. The van der Waals surface area contributed by atoms with Crippen LogP contribution in [0.5, 0.6) is 5.75 Å². The molecular weight excluding hydrogens is 330 g/mol. The van der Waals surface area contributed by atoms with Crippen LogP contribution in [0.2, 0.25) is 0 Å². The molecule has 1 saturated heterocycles. The van der Waals surface area contributed by atoms with Gasteiger partial charge in [-0.15, -0.1) is 0 Å². The van der Waals surface area contributed by atoms with Gasteiger partial charge in [-0.25, -0.2) is 13.1 Å². The standard InChI is InChI=1S/C17H25NO5S/c1-12(2)23-14-4-6-15(7-5-14)24(19,20)18-13-3-8-16-17(11-13)22-10-9-21-16/h4-7,12-13,16-18H,3,8-11H2,1-2H3. The Morgan fingerprint density at radius 1 is 1.08 bits per heavy atom. The molecule has 0 radical (unpaired) electrons. The van der Waals surface area contributed by atoms with Crippen LogP contribution in [-0.2, 0) is 19.5 Å². The minimum Gasteiger partial charge on any atom is -0.491 e. The third-order valence-electron chi connectivity index (χ3n) is 4.31. The van der Waals surface area contributed by atoms with Crippen molar-refractivity contribution in [2.24, 2.45) is 0 Å². The number of hydrogen-bond donors (Lipinski definition) is 1. The van der Waals surface area contributed by atoms with Gasteiger partial charge in [0.15, 0.2) is 0 Å². The molecule has 0 spiro atoms. The average Bonchev–Trinajstić information content (AvgIpc) is 2.54. The number of hydrogen-bond acceptors (Lipinski definition) is 5. The van der Waals surface area contributed by atoms with Crippen LogP contribution in [0.3, 0.4) is 0 Å². The second-order valence-corrected chi connectivity index (χ2v) is 8.30. The molecule has 1 heterocycles. The lowest BCUT2D eigenvalue weighted by Crippen LogP contribution is -2.49. The molecule has 2 fully saturated rings. The fourth-order valence-corrected chi connectivity index (χ4v) is 4.51. The van der Waals surface area contributed by atoms with E-state index < -0.39 is 10.0 Å². The van der Waals surface area contributed by atoms with Gasteiger partial charge in [-0.05, 0) is 57.4 Å². The molecule has 1 aromatic carbocycles. The van der Waals surface area contributed by atoms with E-state index in [1.165, 1.54) is 0 Å². The van der Waals surface area contributed by atoms with E-state index in [0.717, 1.165) is 12.8 Å². The fourth-order valence-electron chi connectivity index (χ4n) is 3.23. The summed E-state index contributed by atoms with van der Waals surface area (Å²) >= 11 is 0. The van der Waals surface area contributed by atoms with E-state index in [1.807, 2.05) is 13.8 Å². The van der Waals surface area contributed by atoms with Gasteiger partial charge < -0.3 is 14.2 Å². The Hall–Kier alpha value is -1.15. The van der Waals surface area contributed by atoms with Gasteiger partial charge in [0.05, 0.1) is 36.4 Å². The normalized spacial score (nSPS) is 27.7. The highest BCUT2D eigenvalue weighted by atomic mass is 32.2. The molecule has 1 N–H and O–H groups in total. The highest BCUT2D eigenvalue weighted by Crippen LogP contribution is 2.28. The topological polar surface area (TPSA) is 73.9 Å². The van der Waals surface area contributed by atoms with Crippen LogP contribution >= 0.6 is 0 Å². The predicted octanol–water partition coefficient (Wildman–Crippen LogP) is 2.09. The maximum Gasteiger partial charge on any atom is 0.240 e. The maximum absolute atomic E-state index is 12.6. The lowest BCUT2D eigenvalue weighted by Gasteiger charge is -2.38. The zero-order chi connectivity index (χ0) is 17.2. The molecule has 24 heavy (non-hydrogen) atoms. The van der Waals surface area contributed by atoms with Gasteiger partial charge in [-0.3, -0.25) is 0 Å². The quantitative estimate of drug-likeness (QED) is 0.875. The van der Waals surface area contributed by atoms with E-state index in [-0.39, 0.29) is 29.2 Å². The molecule has 6 nitrogen and oxygen atoms in total. The van der Waals surface area contributed by atoms with Crippen molar-refractivity contribution >= 4 is 10.0 Å².